The summed E-state index contributed by atoms with van der Waals surface area (Å²) in [4.78, 5) is 27.4. The van der Waals surface area contributed by atoms with Crippen LogP contribution >= 0.6 is 0 Å². The number of amides is 1. The van der Waals surface area contributed by atoms with Crippen molar-refractivity contribution in [1.29, 1.82) is 0 Å². The van der Waals surface area contributed by atoms with Crippen molar-refractivity contribution < 1.29 is 9.53 Å². The largest absolute Gasteiger partial charge is 0.497 e. The van der Waals surface area contributed by atoms with Crippen LogP contribution in [0.3, 0.4) is 0 Å². The summed E-state index contributed by atoms with van der Waals surface area (Å²) in [5.74, 6) is 1.13. The lowest BCUT2D eigenvalue weighted by atomic mass is 10.0. The van der Waals surface area contributed by atoms with Crippen LogP contribution in [0.15, 0.2) is 53.3 Å². The van der Waals surface area contributed by atoms with Gasteiger partial charge in [0.1, 0.15) is 5.75 Å². The molecule has 28 heavy (non-hydrogen) atoms. The topological polar surface area (TPSA) is 71.2 Å². The highest BCUT2D eigenvalue weighted by molar-refractivity contribution is 5.80. The maximum Gasteiger partial charge on any atom is 0.251 e. The summed E-state index contributed by atoms with van der Waals surface area (Å²) in [7, 11) is 1.61. The number of pyridine rings is 1. The molecule has 5 nitrogen and oxygen atoms in total. The predicted octanol–water partition coefficient (Wildman–Crippen LogP) is 3.56. The molecule has 3 rings (SSSR count). The van der Waals surface area contributed by atoms with E-state index in [0.29, 0.717) is 30.9 Å². The highest BCUT2D eigenvalue weighted by Gasteiger charge is 2.07. The van der Waals surface area contributed by atoms with Crippen LogP contribution < -0.4 is 15.6 Å². The molecule has 0 atom stereocenters. The van der Waals surface area contributed by atoms with E-state index in [1.54, 1.807) is 7.11 Å². The van der Waals surface area contributed by atoms with E-state index in [9.17, 15) is 9.59 Å². The van der Waals surface area contributed by atoms with Gasteiger partial charge >= 0.3 is 0 Å². The fraction of sp³-hybridized carbons (Fsp3) is 0.304. The lowest BCUT2D eigenvalue weighted by Crippen LogP contribution is -2.28. The molecule has 2 aromatic carbocycles. The molecule has 0 unspecified atom stereocenters. The van der Waals surface area contributed by atoms with Crippen molar-refractivity contribution >= 4 is 16.8 Å². The number of methoxy groups -OCH3 is 1. The molecule has 0 aliphatic carbocycles. The summed E-state index contributed by atoms with van der Waals surface area (Å²) in [6, 6.07) is 15.5. The average Bonchev–Trinajstić information content (AvgIpc) is 2.68. The summed E-state index contributed by atoms with van der Waals surface area (Å²) in [5, 5.41) is 3.91. The monoisotopic (exact) mass is 378 g/mol. The third kappa shape index (κ3) is 4.80. The maximum atomic E-state index is 12.3. The molecule has 0 aliphatic heterocycles. The van der Waals surface area contributed by atoms with Crippen LogP contribution in [0.25, 0.3) is 10.9 Å². The van der Waals surface area contributed by atoms with Crippen LogP contribution in [0.5, 0.6) is 5.75 Å². The second kappa shape index (κ2) is 8.74. The molecule has 0 aliphatic rings. The molecule has 0 saturated carbocycles. The van der Waals surface area contributed by atoms with E-state index in [-0.39, 0.29) is 11.5 Å². The van der Waals surface area contributed by atoms with E-state index in [1.807, 2.05) is 42.5 Å². The number of aromatic amines is 1. The van der Waals surface area contributed by atoms with Crippen molar-refractivity contribution in [2.24, 2.45) is 0 Å². The lowest BCUT2D eigenvalue weighted by Gasteiger charge is -2.09. The smallest absolute Gasteiger partial charge is 0.251 e. The SMILES string of the molecule is COc1ccc(CC(=O)NCCc2cc3cc(C(C)C)ccc3[nH]c2=O)cc1. The normalized spacial score (nSPS) is 11.0. The molecule has 2 N–H and O–H groups in total. The van der Waals surface area contributed by atoms with E-state index in [0.717, 1.165) is 22.2 Å². The van der Waals surface area contributed by atoms with Gasteiger partial charge < -0.3 is 15.0 Å². The minimum absolute atomic E-state index is 0.0653. The first kappa shape index (κ1) is 19.7. The van der Waals surface area contributed by atoms with Crippen LogP contribution in [0.2, 0.25) is 0 Å². The lowest BCUT2D eigenvalue weighted by molar-refractivity contribution is -0.120. The minimum Gasteiger partial charge on any atom is -0.497 e. The Balaban J connectivity index is 1.61. The zero-order chi connectivity index (χ0) is 20.1. The van der Waals surface area contributed by atoms with E-state index in [1.165, 1.54) is 5.56 Å². The van der Waals surface area contributed by atoms with Crippen molar-refractivity contribution in [2.75, 3.05) is 13.7 Å². The zero-order valence-corrected chi connectivity index (χ0v) is 16.5. The van der Waals surface area contributed by atoms with Gasteiger partial charge in [-0.05, 0) is 59.2 Å². The number of hydrogen-bond donors (Lipinski definition) is 2. The number of nitrogens with one attached hydrogen (secondary N) is 2. The molecule has 1 aromatic heterocycles. The number of rotatable bonds is 7. The Labute approximate surface area is 164 Å². The Morgan fingerprint density at radius 1 is 1.11 bits per heavy atom. The third-order valence-electron chi connectivity index (χ3n) is 4.85. The number of ether oxygens (including phenoxy) is 1. The highest BCUT2D eigenvalue weighted by Crippen LogP contribution is 2.20. The molecule has 0 bridgehead atoms. The van der Waals surface area contributed by atoms with Crippen LogP contribution in [0.4, 0.5) is 0 Å². The average molecular weight is 378 g/mol. The molecule has 5 heteroatoms. The van der Waals surface area contributed by atoms with E-state index in [4.69, 9.17) is 4.74 Å². The maximum absolute atomic E-state index is 12.3. The third-order valence-corrected chi connectivity index (χ3v) is 4.85. The van der Waals surface area contributed by atoms with E-state index < -0.39 is 0 Å². The Morgan fingerprint density at radius 2 is 1.86 bits per heavy atom. The Bertz CT molecular complexity index is 1020. The van der Waals surface area contributed by atoms with Crippen molar-refractivity contribution in [2.45, 2.75) is 32.6 Å². The molecule has 146 valence electrons. The van der Waals surface area contributed by atoms with Gasteiger partial charge in [0.2, 0.25) is 5.91 Å². The van der Waals surface area contributed by atoms with Crippen LogP contribution in [-0.2, 0) is 17.6 Å². The van der Waals surface area contributed by atoms with Crippen molar-refractivity contribution in [1.82, 2.24) is 10.3 Å². The zero-order valence-electron chi connectivity index (χ0n) is 16.5. The first-order valence-corrected chi connectivity index (χ1v) is 9.51. The quantitative estimate of drug-likeness (QED) is 0.660. The van der Waals surface area contributed by atoms with Gasteiger partial charge in [-0.3, -0.25) is 9.59 Å². The molecule has 0 fully saturated rings. The number of benzene rings is 2. The molecule has 1 heterocycles. The Hall–Kier alpha value is -3.08. The first-order valence-electron chi connectivity index (χ1n) is 9.51. The van der Waals surface area contributed by atoms with Crippen molar-refractivity contribution in [3.63, 3.8) is 0 Å². The highest BCUT2D eigenvalue weighted by atomic mass is 16.5. The molecule has 3 aromatic rings. The van der Waals surface area contributed by atoms with Gasteiger partial charge in [-0.15, -0.1) is 0 Å². The number of carbonyl (C=O) groups is 1. The fourth-order valence-corrected chi connectivity index (χ4v) is 3.14. The summed E-state index contributed by atoms with van der Waals surface area (Å²) < 4.78 is 5.12. The van der Waals surface area contributed by atoms with Gasteiger partial charge in [-0.2, -0.15) is 0 Å². The van der Waals surface area contributed by atoms with Gasteiger partial charge in [-0.25, -0.2) is 0 Å². The summed E-state index contributed by atoms with van der Waals surface area (Å²) in [6.45, 7) is 4.71. The second-order valence-corrected chi connectivity index (χ2v) is 7.25. The molecule has 0 radical (unpaired) electrons. The Morgan fingerprint density at radius 3 is 2.54 bits per heavy atom. The van der Waals surface area contributed by atoms with E-state index >= 15 is 0 Å². The van der Waals surface area contributed by atoms with Crippen molar-refractivity contribution in [3.8, 4) is 5.75 Å². The van der Waals surface area contributed by atoms with Crippen LogP contribution in [-0.4, -0.2) is 24.5 Å². The van der Waals surface area contributed by atoms with Crippen LogP contribution in [0.1, 0.15) is 36.5 Å². The summed E-state index contributed by atoms with van der Waals surface area (Å²) in [5.41, 5.74) is 3.57. The van der Waals surface area contributed by atoms with Crippen LogP contribution in [0, 0.1) is 0 Å². The number of carbonyl (C=O) groups excluding carboxylic acids is 1. The number of fused-ring (bicyclic) bond motifs is 1. The van der Waals surface area contributed by atoms with Gasteiger partial charge in [0.25, 0.3) is 5.56 Å². The minimum atomic E-state index is -0.103. The first-order chi connectivity index (χ1) is 13.5. The van der Waals surface area contributed by atoms with Gasteiger partial charge in [-0.1, -0.05) is 32.0 Å². The summed E-state index contributed by atoms with van der Waals surface area (Å²) in [6.07, 6.45) is 0.793. The van der Waals surface area contributed by atoms with Gasteiger partial charge in [0, 0.05) is 17.6 Å². The Kier molecular flexibility index (Phi) is 6.14. The molecule has 0 saturated heterocycles. The molecule has 1 amide bonds. The second-order valence-electron chi connectivity index (χ2n) is 7.25. The summed E-state index contributed by atoms with van der Waals surface area (Å²) >= 11 is 0. The standard InChI is InChI=1S/C23H26N2O3/c1-15(2)17-6-9-21-19(13-17)14-18(23(27)25-21)10-11-24-22(26)12-16-4-7-20(28-3)8-5-16/h4-9,13-15H,10-12H2,1-3H3,(H,24,26)(H,25,27). The number of aromatic nitrogens is 1. The predicted molar refractivity (Wildman–Crippen MR) is 112 cm³/mol. The molecular formula is C23H26N2O3. The van der Waals surface area contributed by atoms with E-state index in [2.05, 4.69) is 30.2 Å². The molecule has 0 spiro atoms. The molecular weight excluding hydrogens is 352 g/mol. The number of hydrogen-bond acceptors (Lipinski definition) is 3. The van der Waals surface area contributed by atoms with Gasteiger partial charge in [0.15, 0.2) is 0 Å². The van der Waals surface area contributed by atoms with Crippen molar-refractivity contribution in [3.05, 3.63) is 75.6 Å². The number of H-pyrrole nitrogens is 1. The fourth-order valence-electron chi connectivity index (χ4n) is 3.14. The van der Waals surface area contributed by atoms with Gasteiger partial charge in [0.05, 0.1) is 13.5 Å².